The van der Waals surface area contributed by atoms with Gasteiger partial charge in [-0.1, -0.05) is 80.0 Å². The van der Waals surface area contributed by atoms with Crippen molar-refractivity contribution in [1.29, 1.82) is 0 Å². The molecule has 0 saturated heterocycles. The van der Waals surface area contributed by atoms with Crippen LogP contribution in [0.15, 0.2) is 42.0 Å². The number of esters is 2. The van der Waals surface area contributed by atoms with Gasteiger partial charge >= 0.3 is 11.9 Å². The fourth-order valence-corrected chi connectivity index (χ4v) is 8.33. The highest BCUT2D eigenvalue weighted by atomic mass is 28.3. The molecule has 32 heavy (non-hydrogen) atoms. The van der Waals surface area contributed by atoms with E-state index in [0.29, 0.717) is 5.57 Å². The molecule has 4 nitrogen and oxygen atoms in total. The Bertz CT molecular complexity index is 789. The summed E-state index contributed by atoms with van der Waals surface area (Å²) in [7, 11) is -2.27. The lowest BCUT2D eigenvalue weighted by atomic mass is 9.85. The Morgan fingerprint density at radius 3 is 2.09 bits per heavy atom. The molecule has 0 aliphatic heterocycles. The van der Waals surface area contributed by atoms with E-state index in [-0.39, 0.29) is 25.2 Å². The lowest BCUT2D eigenvalue weighted by Crippen LogP contribution is -2.47. The van der Waals surface area contributed by atoms with E-state index in [1.807, 2.05) is 18.2 Å². The van der Waals surface area contributed by atoms with Gasteiger partial charge in [-0.05, 0) is 32.2 Å². The Balaban J connectivity index is 2.66. The fourth-order valence-electron chi connectivity index (χ4n) is 4.82. The van der Waals surface area contributed by atoms with Gasteiger partial charge in [-0.2, -0.15) is 0 Å². The van der Waals surface area contributed by atoms with E-state index >= 15 is 0 Å². The Hall–Kier alpha value is -2.02. The molecule has 1 aromatic rings. The summed E-state index contributed by atoms with van der Waals surface area (Å²) in [6, 6.07) is 9.99. The Morgan fingerprint density at radius 2 is 1.62 bits per heavy atom. The second kappa shape index (κ2) is 11.2. The fraction of sp³-hybridized carbons (Fsp3) is 0.600. The Labute approximate surface area is 191 Å². The molecule has 0 aromatic heterocycles. The highest BCUT2D eigenvalue weighted by Crippen LogP contribution is 2.52. The first-order chi connectivity index (χ1) is 15.2. The van der Waals surface area contributed by atoms with Crippen molar-refractivity contribution in [2.45, 2.75) is 71.5 Å². The molecule has 1 aliphatic rings. The average molecular weight is 467 g/mol. The summed E-state index contributed by atoms with van der Waals surface area (Å²) in [4.78, 5) is 25.9. The molecule has 2 rings (SSSR count). The van der Waals surface area contributed by atoms with Crippen molar-refractivity contribution in [2.24, 2.45) is 11.3 Å². The van der Waals surface area contributed by atoms with Crippen molar-refractivity contribution in [2.75, 3.05) is 13.2 Å². The number of allylic oxidation sites excluding steroid dienone is 1. The molecule has 0 amide bonds. The van der Waals surface area contributed by atoms with Gasteiger partial charge in [0.15, 0.2) is 5.41 Å². The van der Waals surface area contributed by atoms with Gasteiger partial charge in [0.05, 0.1) is 21.3 Å². The van der Waals surface area contributed by atoms with Crippen molar-refractivity contribution in [3.8, 4) is 0 Å². The summed E-state index contributed by atoms with van der Waals surface area (Å²) < 4.78 is 39.1. The standard InChI is InChI=1S/C25H36F2O4Si/c1-6-9-15-21(32(4,5)18-13-11-10-12-14-18)19-16-25(23(28)30-7-2,24(29)31-8-3)17-20(19)22(26)27/h10-14,16,20-22H,6-9,15,17H2,1-5H3. The van der Waals surface area contributed by atoms with Gasteiger partial charge in [-0.15, -0.1) is 0 Å². The van der Waals surface area contributed by atoms with Gasteiger partial charge < -0.3 is 9.47 Å². The molecule has 178 valence electrons. The van der Waals surface area contributed by atoms with E-state index in [1.165, 1.54) is 11.3 Å². The van der Waals surface area contributed by atoms with Crippen molar-refractivity contribution in [3.63, 3.8) is 0 Å². The maximum atomic E-state index is 14.4. The average Bonchev–Trinajstić information content (AvgIpc) is 3.17. The van der Waals surface area contributed by atoms with Crippen LogP contribution in [0.5, 0.6) is 0 Å². The summed E-state index contributed by atoms with van der Waals surface area (Å²) in [6.07, 6.45) is 1.06. The molecule has 7 heteroatoms. The van der Waals surface area contributed by atoms with Gasteiger partial charge in [0, 0.05) is 5.92 Å². The summed E-state index contributed by atoms with van der Waals surface area (Å²) in [5, 5.41) is 1.17. The van der Waals surface area contributed by atoms with Crippen LogP contribution in [-0.4, -0.2) is 39.7 Å². The second-order valence-electron chi connectivity index (χ2n) is 8.98. The molecular formula is C25H36F2O4Si. The van der Waals surface area contributed by atoms with Crippen LogP contribution >= 0.6 is 0 Å². The molecule has 0 N–H and O–H groups in total. The normalized spacial score (nSPS) is 18.9. The lowest BCUT2D eigenvalue weighted by molar-refractivity contribution is -0.168. The number of carbonyl (C=O) groups is 2. The molecule has 0 bridgehead atoms. The molecule has 1 aliphatic carbocycles. The third kappa shape index (κ3) is 5.30. The molecule has 0 saturated carbocycles. The number of hydrogen-bond donors (Lipinski definition) is 0. The van der Waals surface area contributed by atoms with Gasteiger partial charge in [-0.3, -0.25) is 9.59 Å². The minimum Gasteiger partial charge on any atom is -0.465 e. The Morgan fingerprint density at radius 1 is 1.06 bits per heavy atom. The molecule has 0 spiro atoms. The number of carbonyl (C=O) groups excluding carboxylic acids is 2. The van der Waals surface area contributed by atoms with E-state index in [4.69, 9.17) is 9.47 Å². The van der Waals surface area contributed by atoms with Crippen molar-refractivity contribution < 1.29 is 27.8 Å². The van der Waals surface area contributed by atoms with Crippen LogP contribution in [0.25, 0.3) is 0 Å². The molecule has 0 heterocycles. The predicted molar refractivity (Wildman–Crippen MR) is 125 cm³/mol. The SMILES string of the molecule is CCCCC(C1=CC(C(=O)OCC)(C(=O)OCC)CC1C(F)F)[Si](C)(C)c1ccccc1. The number of halogens is 2. The third-order valence-electron chi connectivity index (χ3n) is 6.60. The smallest absolute Gasteiger partial charge is 0.327 e. The number of rotatable bonds is 11. The summed E-state index contributed by atoms with van der Waals surface area (Å²) >= 11 is 0. The molecule has 0 radical (unpaired) electrons. The van der Waals surface area contributed by atoms with Crippen LogP contribution in [-0.2, 0) is 19.1 Å². The monoisotopic (exact) mass is 466 g/mol. The summed E-state index contributed by atoms with van der Waals surface area (Å²) in [5.74, 6) is -2.78. The molecule has 2 unspecified atom stereocenters. The second-order valence-corrected chi connectivity index (χ2v) is 13.7. The van der Waals surface area contributed by atoms with Crippen LogP contribution in [0.3, 0.4) is 0 Å². The van der Waals surface area contributed by atoms with Crippen LogP contribution < -0.4 is 5.19 Å². The van der Waals surface area contributed by atoms with Gasteiger partial charge in [0.2, 0.25) is 6.43 Å². The first-order valence-corrected chi connectivity index (χ1v) is 14.6. The van der Waals surface area contributed by atoms with Crippen LogP contribution in [0.1, 0.15) is 46.5 Å². The maximum absolute atomic E-state index is 14.4. The zero-order valence-electron chi connectivity index (χ0n) is 19.8. The highest BCUT2D eigenvalue weighted by molar-refractivity contribution is 6.91. The van der Waals surface area contributed by atoms with Crippen molar-refractivity contribution >= 4 is 25.2 Å². The first-order valence-electron chi connectivity index (χ1n) is 11.6. The molecule has 0 fully saturated rings. The number of hydrogen-bond acceptors (Lipinski definition) is 4. The maximum Gasteiger partial charge on any atom is 0.327 e. The van der Waals surface area contributed by atoms with Gasteiger partial charge in [-0.25, -0.2) is 8.78 Å². The first kappa shape index (κ1) is 26.2. The minimum absolute atomic E-state index is 0.0615. The number of unbranched alkanes of at least 4 members (excludes halogenated alkanes) is 1. The quantitative estimate of drug-likeness (QED) is 0.187. The minimum atomic E-state index is -2.68. The van der Waals surface area contributed by atoms with Crippen LogP contribution in [0.2, 0.25) is 18.6 Å². The van der Waals surface area contributed by atoms with E-state index in [1.54, 1.807) is 13.8 Å². The van der Waals surface area contributed by atoms with Crippen LogP contribution in [0.4, 0.5) is 8.78 Å². The van der Waals surface area contributed by atoms with E-state index in [0.717, 1.165) is 19.3 Å². The van der Waals surface area contributed by atoms with Gasteiger partial charge in [0.25, 0.3) is 0 Å². The van der Waals surface area contributed by atoms with Crippen molar-refractivity contribution in [3.05, 3.63) is 42.0 Å². The van der Waals surface area contributed by atoms with Crippen LogP contribution in [0, 0.1) is 11.3 Å². The van der Waals surface area contributed by atoms with E-state index < -0.39 is 37.8 Å². The lowest BCUT2D eigenvalue weighted by Gasteiger charge is -2.36. The predicted octanol–water partition coefficient (Wildman–Crippen LogP) is 5.49. The number of alkyl halides is 2. The molecular weight excluding hydrogens is 430 g/mol. The topological polar surface area (TPSA) is 52.6 Å². The summed E-state index contributed by atoms with van der Waals surface area (Å²) in [6.45, 7) is 9.83. The Kier molecular flexibility index (Phi) is 9.19. The molecule has 1 aromatic carbocycles. The largest absolute Gasteiger partial charge is 0.465 e. The number of benzene rings is 1. The zero-order valence-corrected chi connectivity index (χ0v) is 20.8. The summed E-state index contributed by atoms with van der Waals surface area (Å²) in [5.41, 5.74) is -1.42. The van der Waals surface area contributed by atoms with Gasteiger partial charge in [0.1, 0.15) is 0 Å². The zero-order chi connectivity index (χ0) is 23.9. The third-order valence-corrected chi connectivity index (χ3v) is 10.8. The molecule has 2 atom stereocenters. The highest BCUT2D eigenvalue weighted by Gasteiger charge is 2.57. The number of ether oxygens (including phenoxy) is 2. The van der Waals surface area contributed by atoms with E-state index in [9.17, 15) is 18.4 Å². The van der Waals surface area contributed by atoms with Crippen molar-refractivity contribution in [1.82, 2.24) is 0 Å². The van der Waals surface area contributed by atoms with E-state index in [2.05, 4.69) is 32.2 Å².